The quantitative estimate of drug-likeness (QED) is 0.171. The third-order valence-electron chi connectivity index (χ3n) is 7.00. The molecule has 0 aliphatic carbocycles. The molecule has 42 heavy (non-hydrogen) atoms. The highest BCUT2D eigenvalue weighted by molar-refractivity contribution is 7.91. The van der Waals surface area contributed by atoms with Crippen LogP contribution in [0.1, 0.15) is 31.7 Å². The van der Waals surface area contributed by atoms with Gasteiger partial charge < -0.3 is 19.4 Å². The molecule has 15 heteroatoms. The van der Waals surface area contributed by atoms with Crippen molar-refractivity contribution >= 4 is 32.1 Å². The molecule has 0 aromatic heterocycles. The van der Waals surface area contributed by atoms with E-state index in [4.69, 9.17) is 29.6 Å². The predicted molar refractivity (Wildman–Crippen MR) is 152 cm³/mol. The van der Waals surface area contributed by atoms with E-state index < -0.39 is 35.9 Å². The summed E-state index contributed by atoms with van der Waals surface area (Å²) in [5.74, 6) is -0.552. The van der Waals surface area contributed by atoms with Gasteiger partial charge >= 0.3 is 16.1 Å². The van der Waals surface area contributed by atoms with Crippen molar-refractivity contribution in [1.82, 2.24) is 9.37 Å². The number of carbonyl (C=O) groups is 1. The maximum Gasteiger partial charge on any atom is 0.340 e. The summed E-state index contributed by atoms with van der Waals surface area (Å²) in [5, 5.41) is 8.75. The topological polar surface area (TPSA) is 179 Å². The molecule has 2 aliphatic heterocycles. The number of carbonyl (C=O) groups excluding carboxylic acids is 1. The van der Waals surface area contributed by atoms with Crippen molar-refractivity contribution in [3.63, 3.8) is 0 Å². The van der Waals surface area contributed by atoms with E-state index in [1.807, 2.05) is 0 Å². The number of benzene rings is 2. The third kappa shape index (κ3) is 7.51. The number of hydroxylamine groups is 2. The molecule has 0 saturated carbocycles. The van der Waals surface area contributed by atoms with Crippen molar-refractivity contribution in [2.75, 3.05) is 39.5 Å². The van der Waals surface area contributed by atoms with E-state index in [1.54, 1.807) is 19.9 Å². The molecular formula is C27H36N4O9S2. The van der Waals surface area contributed by atoms with Crippen LogP contribution in [0.4, 0.5) is 0 Å². The van der Waals surface area contributed by atoms with Crippen LogP contribution in [0.15, 0.2) is 52.3 Å². The van der Waals surface area contributed by atoms with Gasteiger partial charge in [0, 0.05) is 31.6 Å². The predicted octanol–water partition coefficient (Wildman–Crippen LogP) is 2.25. The van der Waals surface area contributed by atoms with Crippen LogP contribution in [0.5, 0.6) is 11.5 Å². The highest BCUT2D eigenvalue weighted by Crippen LogP contribution is 2.31. The van der Waals surface area contributed by atoms with Crippen LogP contribution in [0, 0.1) is 24.2 Å². The summed E-state index contributed by atoms with van der Waals surface area (Å²) in [6.45, 7) is 4.86. The van der Waals surface area contributed by atoms with Gasteiger partial charge in [0.1, 0.15) is 21.3 Å². The highest BCUT2D eigenvalue weighted by atomic mass is 32.2. The average molecular weight is 625 g/mol. The molecule has 230 valence electrons. The summed E-state index contributed by atoms with van der Waals surface area (Å²) in [4.78, 5) is 16.6. The van der Waals surface area contributed by atoms with Crippen LogP contribution in [-0.4, -0.2) is 77.6 Å². The number of aryl methyl sites for hydroxylation is 1. The Kier molecular flexibility index (Phi) is 9.97. The maximum atomic E-state index is 13.5. The maximum absolute atomic E-state index is 13.5. The van der Waals surface area contributed by atoms with Crippen molar-refractivity contribution in [3.8, 4) is 11.5 Å². The summed E-state index contributed by atoms with van der Waals surface area (Å²) >= 11 is 0. The Hall–Kier alpha value is -3.40. The number of ether oxygens (including phenoxy) is 2. The van der Waals surface area contributed by atoms with E-state index in [9.17, 15) is 21.6 Å². The molecule has 3 N–H and O–H groups in total. The molecule has 2 heterocycles. The first kappa shape index (κ1) is 31.5. The van der Waals surface area contributed by atoms with Crippen molar-refractivity contribution in [1.29, 1.82) is 5.41 Å². The van der Waals surface area contributed by atoms with E-state index >= 15 is 0 Å². The molecule has 2 aliphatic rings. The Morgan fingerprint density at radius 2 is 1.69 bits per heavy atom. The largest absolute Gasteiger partial charge is 0.493 e. The lowest BCUT2D eigenvalue weighted by Crippen LogP contribution is -2.43. The minimum Gasteiger partial charge on any atom is -0.493 e. The zero-order valence-electron chi connectivity index (χ0n) is 23.5. The van der Waals surface area contributed by atoms with Crippen molar-refractivity contribution < 1.29 is 40.1 Å². The fourth-order valence-corrected chi connectivity index (χ4v) is 7.96. The Morgan fingerprint density at radius 1 is 1.02 bits per heavy atom. The lowest BCUT2D eigenvalue weighted by atomic mass is 9.98. The average Bonchev–Trinajstić information content (AvgIpc) is 2.96. The lowest BCUT2D eigenvalue weighted by molar-refractivity contribution is -0.149. The van der Waals surface area contributed by atoms with Crippen LogP contribution in [0.3, 0.4) is 0 Å². The normalized spacial score (nSPS) is 18.8. The molecular weight excluding hydrogens is 588 g/mol. The number of rotatable bonds is 10. The molecule has 2 aromatic carbocycles. The van der Waals surface area contributed by atoms with E-state index in [0.29, 0.717) is 30.9 Å². The summed E-state index contributed by atoms with van der Waals surface area (Å²) in [6.07, 6.45) is 1.24. The number of nitrogens with zero attached hydrogens (tertiary/aromatic N) is 2. The van der Waals surface area contributed by atoms with Crippen LogP contribution in [-0.2, 0) is 34.5 Å². The van der Waals surface area contributed by atoms with Crippen LogP contribution in [0.25, 0.3) is 0 Å². The molecule has 2 saturated heterocycles. The van der Waals surface area contributed by atoms with Crippen LogP contribution in [0.2, 0.25) is 0 Å². The second kappa shape index (κ2) is 13.3. The number of hydrogen-bond donors (Lipinski definition) is 2. The number of hydrogen-bond acceptors (Lipinski definition) is 10. The third-order valence-corrected chi connectivity index (χ3v) is 10.4. The molecule has 1 atom stereocenters. The molecule has 13 nitrogen and oxygen atoms in total. The number of nitrogens with one attached hydrogen (secondary N) is 1. The zero-order chi connectivity index (χ0) is 30.5. The zero-order valence-corrected chi connectivity index (χ0v) is 25.2. The first-order valence-corrected chi connectivity index (χ1v) is 16.4. The van der Waals surface area contributed by atoms with Gasteiger partial charge in [-0.3, -0.25) is 15.0 Å². The Morgan fingerprint density at radius 3 is 2.31 bits per heavy atom. The monoisotopic (exact) mass is 624 g/mol. The van der Waals surface area contributed by atoms with Gasteiger partial charge in [-0.05, 0) is 62.9 Å². The fourth-order valence-electron chi connectivity index (χ4n) is 4.80. The van der Waals surface area contributed by atoms with Gasteiger partial charge in [0.15, 0.2) is 0 Å². The van der Waals surface area contributed by atoms with Gasteiger partial charge in [-0.15, -0.1) is 0 Å². The number of nitrogens with two attached hydrogens (primary N) is 1. The van der Waals surface area contributed by atoms with E-state index in [1.165, 1.54) is 45.8 Å². The van der Waals surface area contributed by atoms with E-state index in [2.05, 4.69) is 0 Å². The SMILES string of the molecule is CCOC(=O)C1CCN(S(=O)(=O)c2ccccc2S(=O)(=O)Oc2cc(C)cc(OCC3CCN(C(=N)N)OC3)c2)CC1. The van der Waals surface area contributed by atoms with Gasteiger partial charge in [0.25, 0.3) is 0 Å². The molecule has 0 radical (unpaired) electrons. The number of esters is 1. The summed E-state index contributed by atoms with van der Waals surface area (Å²) < 4.78 is 71.5. The smallest absolute Gasteiger partial charge is 0.340 e. The fraction of sp³-hybridized carbons (Fsp3) is 0.481. The summed E-state index contributed by atoms with van der Waals surface area (Å²) in [6, 6.07) is 9.95. The summed E-state index contributed by atoms with van der Waals surface area (Å²) in [7, 11) is -8.79. The first-order valence-electron chi connectivity index (χ1n) is 13.6. The summed E-state index contributed by atoms with van der Waals surface area (Å²) in [5.41, 5.74) is 6.11. The Labute approximate surface area is 246 Å². The van der Waals surface area contributed by atoms with Gasteiger partial charge in [-0.2, -0.15) is 12.7 Å². The van der Waals surface area contributed by atoms with Crippen molar-refractivity contribution in [2.45, 2.75) is 42.9 Å². The van der Waals surface area contributed by atoms with Crippen molar-refractivity contribution in [3.05, 3.63) is 48.0 Å². The van der Waals surface area contributed by atoms with Crippen LogP contribution >= 0.6 is 0 Å². The Balaban J connectivity index is 1.47. The molecule has 2 aromatic rings. The minimum absolute atomic E-state index is 0.0323. The molecule has 4 rings (SSSR count). The van der Waals surface area contributed by atoms with Gasteiger partial charge in [-0.25, -0.2) is 13.5 Å². The van der Waals surface area contributed by atoms with E-state index in [0.717, 1.165) is 0 Å². The van der Waals surface area contributed by atoms with Crippen molar-refractivity contribution in [2.24, 2.45) is 17.6 Å². The lowest BCUT2D eigenvalue weighted by Gasteiger charge is -2.31. The number of guanidine groups is 1. The second-order valence-electron chi connectivity index (χ2n) is 10.1. The first-order chi connectivity index (χ1) is 19.9. The van der Waals surface area contributed by atoms with Gasteiger partial charge in [0.05, 0.1) is 25.7 Å². The van der Waals surface area contributed by atoms with Crippen LogP contribution < -0.4 is 14.7 Å². The molecule has 2 fully saturated rings. The molecule has 1 unspecified atom stereocenters. The van der Waals surface area contributed by atoms with Gasteiger partial charge in [0.2, 0.25) is 16.0 Å². The van der Waals surface area contributed by atoms with E-state index in [-0.39, 0.29) is 62.7 Å². The Bertz CT molecular complexity index is 1500. The standard InChI is InChI=1S/C27H36N4O9S2/c1-3-37-26(32)21-9-11-30(12-10-21)41(33,34)24-6-4-5-7-25(24)42(35,36)40-23-15-19(2)14-22(16-23)38-17-20-8-13-31(27(28)29)39-18-20/h4-7,14-16,20-21H,3,8-13,17-18H2,1-2H3,(H3,28,29). The van der Waals surface area contributed by atoms with Gasteiger partial charge in [-0.1, -0.05) is 12.1 Å². The molecule has 0 spiro atoms. The second-order valence-corrected chi connectivity index (χ2v) is 13.6. The number of sulfonamides is 1. The molecule has 0 bridgehead atoms. The molecule has 0 amide bonds. The highest BCUT2D eigenvalue weighted by Gasteiger charge is 2.36. The minimum atomic E-state index is -4.57. The number of piperidine rings is 1.